The van der Waals surface area contributed by atoms with Gasteiger partial charge in [0.25, 0.3) is 0 Å². The monoisotopic (exact) mass is 293 g/mol. The molecule has 1 aromatic heterocycles. The van der Waals surface area contributed by atoms with Crippen molar-refractivity contribution in [2.24, 2.45) is 10.8 Å². The highest BCUT2D eigenvalue weighted by Crippen LogP contribution is 2.65. The van der Waals surface area contributed by atoms with Crippen molar-refractivity contribution in [2.75, 3.05) is 0 Å². The van der Waals surface area contributed by atoms with Gasteiger partial charge in [-0.15, -0.1) is 0 Å². The van der Waals surface area contributed by atoms with Crippen molar-refractivity contribution in [1.82, 2.24) is 9.55 Å². The quantitative estimate of drug-likeness (QED) is 0.852. The number of rotatable bonds is 2. The first-order chi connectivity index (χ1) is 10.6. The zero-order chi connectivity index (χ0) is 15.4. The molecule has 1 heterocycles. The predicted octanol–water partition coefficient (Wildman–Crippen LogP) is 3.45. The third-order valence-corrected chi connectivity index (χ3v) is 5.87. The SMILES string of the molecule is C[C@@]1(Cn2cnc3ccc(C#N)cc32)CC(=O)CCC12CC2. The number of benzene rings is 1. The van der Waals surface area contributed by atoms with E-state index in [0.29, 0.717) is 23.2 Å². The van der Waals surface area contributed by atoms with Gasteiger partial charge in [0.15, 0.2) is 0 Å². The van der Waals surface area contributed by atoms with Gasteiger partial charge in [0.05, 0.1) is 29.0 Å². The molecule has 4 rings (SSSR count). The molecule has 1 aromatic carbocycles. The third kappa shape index (κ3) is 1.89. The van der Waals surface area contributed by atoms with E-state index in [2.05, 4.69) is 22.5 Å². The van der Waals surface area contributed by atoms with E-state index in [1.165, 1.54) is 12.8 Å². The first-order valence-electron chi connectivity index (χ1n) is 7.92. The van der Waals surface area contributed by atoms with Crippen LogP contribution >= 0.6 is 0 Å². The molecule has 1 spiro atoms. The number of fused-ring (bicyclic) bond motifs is 1. The minimum absolute atomic E-state index is 0.0125. The third-order valence-electron chi connectivity index (χ3n) is 5.87. The van der Waals surface area contributed by atoms with Crippen molar-refractivity contribution < 1.29 is 4.79 Å². The Labute approximate surface area is 129 Å². The Balaban J connectivity index is 1.73. The topological polar surface area (TPSA) is 58.7 Å². The molecule has 0 bridgehead atoms. The molecule has 0 N–H and O–H groups in total. The highest BCUT2D eigenvalue weighted by atomic mass is 16.1. The Morgan fingerprint density at radius 2 is 2.18 bits per heavy atom. The number of nitriles is 1. The molecule has 4 nitrogen and oxygen atoms in total. The van der Waals surface area contributed by atoms with E-state index in [4.69, 9.17) is 5.26 Å². The highest BCUT2D eigenvalue weighted by Gasteiger charge is 2.58. The van der Waals surface area contributed by atoms with Crippen LogP contribution in [0, 0.1) is 22.2 Å². The van der Waals surface area contributed by atoms with Gasteiger partial charge in [-0.25, -0.2) is 4.98 Å². The standard InChI is InChI=1S/C18H19N3O/c1-17(9-14(22)4-5-18(17)6-7-18)11-21-12-20-15-3-2-13(10-19)8-16(15)21/h2-3,8,12H,4-7,9,11H2,1H3/t17-/m0/s1. The fourth-order valence-electron chi connectivity index (χ4n) is 4.25. The summed E-state index contributed by atoms with van der Waals surface area (Å²) in [5.41, 5.74) is 2.92. The number of hydrogen-bond donors (Lipinski definition) is 0. The molecule has 4 heteroatoms. The lowest BCUT2D eigenvalue weighted by Crippen LogP contribution is -2.39. The summed E-state index contributed by atoms with van der Waals surface area (Å²) in [6.45, 7) is 3.07. The fraction of sp³-hybridized carbons (Fsp3) is 0.500. The van der Waals surface area contributed by atoms with Crippen LogP contribution in [0.15, 0.2) is 24.5 Å². The van der Waals surface area contributed by atoms with E-state index in [9.17, 15) is 4.79 Å². The second-order valence-electron chi connectivity index (χ2n) is 7.24. The number of aromatic nitrogens is 2. The average Bonchev–Trinajstić information content (AvgIpc) is 3.21. The lowest BCUT2D eigenvalue weighted by Gasteiger charge is -2.42. The van der Waals surface area contributed by atoms with Gasteiger partial charge in [0, 0.05) is 19.4 Å². The van der Waals surface area contributed by atoms with E-state index in [1.807, 2.05) is 18.5 Å². The number of nitrogens with zero attached hydrogens (tertiary/aromatic N) is 3. The van der Waals surface area contributed by atoms with Gasteiger partial charge in [-0.3, -0.25) is 4.79 Å². The van der Waals surface area contributed by atoms with Gasteiger partial charge in [-0.1, -0.05) is 6.92 Å². The summed E-state index contributed by atoms with van der Waals surface area (Å²) in [6, 6.07) is 7.78. The van der Waals surface area contributed by atoms with Gasteiger partial charge in [-0.2, -0.15) is 5.26 Å². The highest BCUT2D eigenvalue weighted by molar-refractivity contribution is 5.81. The van der Waals surface area contributed by atoms with Crippen molar-refractivity contribution >= 4 is 16.8 Å². The Morgan fingerprint density at radius 3 is 2.91 bits per heavy atom. The van der Waals surface area contributed by atoms with Crippen molar-refractivity contribution in [3.05, 3.63) is 30.1 Å². The molecule has 0 radical (unpaired) electrons. The summed E-state index contributed by atoms with van der Waals surface area (Å²) in [6.07, 6.45) is 6.80. The molecule has 0 aliphatic heterocycles. The second-order valence-corrected chi connectivity index (χ2v) is 7.24. The van der Waals surface area contributed by atoms with Crippen LogP contribution in [0.1, 0.15) is 44.6 Å². The molecule has 2 aliphatic carbocycles. The summed E-state index contributed by atoms with van der Waals surface area (Å²) in [7, 11) is 0. The van der Waals surface area contributed by atoms with E-state index >= 15 is 0 Å². The van der Waals surface area contributed by atoms with Gasteiger partial charge >= 0.3 is 0 Å². The molecule has 2 fully saturated rings. The largest absolute Gasteiger partial charge is 0.330 e. The van der Waals surface area contributed by atoms with Gasteiger partial charge in [0.2, 0.25) is 0 Å². The van der Waals surface area contributed by atoms with Crippen LogP contribution < -0.4 is 0 Å². The van der Waals surface area contributed by atoms with Gasteiger partial charge in [0.1, 0.15) is 5.78 Å². The van der Waals surface area contributed by atoms with Crippen LogP contribution in [-0.4, -0.2) is 15.3 Å². The molecule has 112 valence electrons. The molecule has 2 saturated carbocycles. The summed E-state index contributed by atoms with van der Waals surface area (Å²) in [5, 5.41) is 9.10. The molecule has 2 aliphatic rings. The number of carbonyl (C=O) groups is 1. The van der Waals surface area contributed by atoms with Crippen molar-refractivity contribution in [3.8, 4) is 6.07 Å². The Kier molecular flexibility index (Phi) is 2.72. The van der Waals surface area contributed by atoms with E-state index in [-0.39, 0.29) is 5.41 Å². The normalized spacial score (nSPS) is 26.3. The first-order valence-corrected chi connectivity index (χ1v) is 7.92. The zero-order valence-electron chi connectivity index (χ0n) is 12.8. The first kappa shape index (κ1) is 13.5. The van der Waals surface area contributed by atoms with Crippen molar-refractivity contribution in [1.29, 1.82) is 5.26 Å². The maximum atomic E-state index is 12.0. The number of imidazole rings is 1. The average molecular weight is 293 g/mol. The van der Waals surface area contributed by atoms with Gasteiger partial charge < -0.3 is 4.57 Å². The smallest absolute Gasteiger partial charge is 0.133 e. The second kappa shape index (κ2) is 4.42. The summed E-state index contributed by atoms with van der Waals surface area (Å²) in [4.78, 5) is 16.5. The van der Waals surface area contributed by atoms with Crippen LogP contribution in [0.3, 0.4) is 0 Å². The molecular weight excluding hydrogens is 274 g/mol. The minimum Gasteiger partial charge on any atom is -0.330 e. The predicted molar refractivity (Wildman–Crippen MR) is 83.1 cm³/mol. The molecule has 0 unspecified atom stereocenters. The fourth-order valence-corrected chi connectivity index (χ4v) is 4.25. The lowest BCUT2D eigenvalue weighted by atomic mass is 9.64. The molecule has 1 atom stereocenters. The number of ketones is 1. The lowest BCUT2D eigenvalue weighted by molar-refractivity contribution is -0.126. The molecule has 0 saturated heterocycles. The number of carbonyl (C=O) groups excluding carboxylic acids is 1. The number of Topliss-reactive ketones (excluding diaryl/α,β-unsaturated/α-hetero) is 1. The van der Waals surface area contributed by atoms with Crippen LogP contribution in [0.4, 0.5) is 0 Å². The van der Waals surface area contributed by atoms with Crippen LogP contribution in [0.25, 0.3) is 11.0 Å². The maximum absolute atomic E-state index is 12.0. The molecule has 2 aromatic rings. The minimum atomic E-state index is 0.0125. The molecular formula is C18H19N3O. The van der Waals surface area contributed by atoms with E-state index in [0.717, 1.165) is 30.4 Å². The van der Waals surface area contributed by atoms with Crippen LogP contribution in [-0.2, 0) is 11.3 Å². The van der Waals surface area contributed by atoms with Crippen LogP contribution in [0.2, 0.25) is 0 Å². The molecule has 0 amide bonds. The van der Waals surface area contributed by atoms with Crippen LogP contribution in [0.5, 0.6) is 0 Å². The zero-order valence-corrected chi connectivity index (χ0v) is 12.8. The molecule has 22 heavy (non-hydrogen) atoms. The maximum Gasteiger partial charge on any atom is 0.133 e. The van der Waals surface area contributed by atoms with Crippen molar-refractivity contribution in [3.63, 3.8) is 0 Å². The Morgan fingerprint density at radius 1 is 1.36 bits per heavy atom. The number of hydrogen-bond acceptors (Lipinski definition) is 3. The summed E-state index contributed by atoms with van der Waals surface area (Å²) >= 11 is 0. The Bertz CT molecular complexity index is 809. The Hall–Kier alpha value is -2.15. The van der Waals surface area contributed by atoms with Crippen molar-refractivity contribution in [2.45, 2.75) is 45.6 Å². The van der Waals surface area contributed by atoms with Gasteiger partial charge in [-0.05, 0) is 48.3 Å². The summed E-state index contributed by atoms with van der Waals surface area (Å²) in [5.74, 6) is 0.391. The summed E-state index contributed by atoms with van der Waals surface area (Å²) < 4.78 is 2.13. The van der Waals surface area contributed by atoms with E-state index in [1.54, 1.807) is 6.07 Å². The van der Waals surface area contributed by atoms with E-state index < -0.39 is 0 Å².